The normalized spacial score (nSPS) is 10.6. The number of aryl methyl sites for hydroxylation is 1. The molecule has 0 fully saturated rings. The number of rotatable bonds is 7. The number of anilines is 1. The molecule has 0 saturated heterocycles. The number of hydrogen-bond donors (Lipinski definition) is 3. The highest BCUT2D eigenvalue weighted by Crippen LogP contribution is 2.25. The fourth-order valence-electron chi connectivity index (χ4n) is 3.53. The van der Waals surface area contributed by atoms with Gasteiger partial charge in [-0.05, 0) is 73.7 Å². The molecule has 0 aliphatic rings. The highest BCUT2D eigenvalue weighted by atomic mass is 35.5. The van der Waals surface area contributed by atoms with E-state index in [4.69, 9.17) is 27.9 Å². The maximum Gasteiger partial charge on any atom is 0.345 e. The number of nitrogens with one attached hydrogen (secondary N) is 3. The molecule has 10 heteroatoms. The molecule has 0 atom stereocenters. The number of benzene rings is 4. The number of halogens is 2. The molecule has 0 unspecified atom stereocenters. The Hall–Kier alpha value is -4.92. The van der Waals surface area contributed by atoms with E-state index in [1.54, 1.807) is 48.5 Å². The summed E-state index contributed by atoms with van der Waals surface area (Å²) in [6.07, 6.45) is 2.60. The van der Waals surface area contributed by atoms with E-state index in [1.165, 1.54) is 42.5 Å². The van der Waals surface area contributed by atoms with Gasteiger partial charge in [0, 0.05) is 33.5 Å². The molecule has 0 saturated carbocycles. The zero-order chi connectivity index (χ0) is 29.4. The molecule has 0 aliphatic carbocycles. The Morgan fingerprint density at radius 2 is 1.41 bits per heavy atom. The first-order valence-corrected chi connectivity index (χ1v) is 13.0. The molecule has 0 aliphatic heterocycles. The second-order valence-electron chi connectivity index (χ2n) is 8.73. The summed E-state index contributed by atoms with van der Waals surface area (Å²) >= 11 is 12.0. The van der Waals surface area contributed by atoms with Crippen molar-refractivity contribution in [3.05, 3.63) is 135 Å². The number of carbonyl (C=O) groups is 4. The quantitative estimate of drug-likeness (QED) is 0.102. The van der Waals surface area contributed by atoms with E-state index in [9.17, 15) is 19.2 Å². The summed E-state index contributed by atoms with van der Waals surface area (Å²) in [6, 6.07) is 24.3. The first-order valence-electron chi connectivity index (χ1n) is 12.2. The van der Waals surface area contributed by atoms with Gasteiger partial charge in [-0.2, -0.15) is 0 Å². The van der Waals surface area contributed by atoms with Crippen molar-refractivity contribution in [2.45, 2.75) is 6.92 Å². The van der Waals surface area contributed by atoms with E-state index < -0.39 is 17.8 Å². The third kappa shape index (κ3) is 8.04. The number of carbonyl (C=O) groups excluding carboxylic acids is 4. The van der Waals surface area contributed by atoms with Crippen molar-refractivity contribution >= 4 is 58.7 Å². The van der Waals surface area contributed by atoms with Crippen molar-refractivity contribution < 1.29 is 23.9 Å². The Balaban J connectivity index is 1.31. The smallest absolute Gasteiger partial charge is 0.345 e. The molecular weight excluding hydrogens is 565 g/mol. The monoisotopic (exact) mass is 587 g/mol. The molecule has 0 bridgehead atoms. The molecule has 8 nitrogen and oxygen atoms in total. The lowest BCUT2D eigenvalue weighted by Crippen LogP contribution is -2.40. The third-order valence-corrected chi connectivity index (χ3v) is 6.25. The van der Waals surface area contributed by atoms with E-state index in [-0.39, 0.29) is 27.8 Å². The summed E-state index contributed by atoms with van der Waals surface area (Å²) in [4.78, 5) is 49.7. The van der Waals surface area contributed by atoms with Crippen molar-refractivity contribution in [3.63, 3.8) is 0 Å². The standard InChI is InChI=1S/C31H23Cl2N3O5/c1-19-6-8-21(9-7-19)29(38)34-24-14-10-22(11-15-24)30(39)36-35-28(37)17-12-20-4-2-3-5-27(20)41-31(40)25-16-13-23(32)18-26(25)33/h2-18H,1H3,(H,34,38)(H,35,37)(H,36,39)/b17-12+. The van der Waals surface area contributed by atoms with Crippen LogP contribution in [-0.4, -0.2) is 23.7 Å². The van der Waals surface area contributed by atoms with Gasteiger partial charge in [-0.15, -0.1) is 0 Å². The molecule has 41 heavy (non-hydrogen) atoms. The van der Waals surface area contributed by atoms with Crippen LogP contribution in [0.3, 0.4) is 0 Å². The van der Waals surface area contributed by atoms with Crippen molar-refractivity contribution in [3.8, 4) is 5.75 Å². The fraction of sp³-hybridized carbons (Fsp3) is 0.0323. The molecule has 4 aromatic rings. The van der Waals surface area contributed by atoms with Gasteiger partial charge in [-0.3, -0.25) is 25.2 Å². The van der Waals surface area contributed by atoms with Gasteiger partial charge in [0.15, 0.2) is 0 Å². The molecule has 0 heterocycles. The average Bonchev–Trinajstić information content (AvgIpc) is 2.96. The predicted molar refractivity (Wildman–Crippen MR) is 158 cm³/mol. The van der Waals surface area contributed by atoms with E-state index >= 15 is 0 Å². The lowest BCUT2D eigenvalue weighted by molar-refractivity contribution is -0.117. The maximum absolute atomic E-state index is 12.6. The summed E-state index contributed by atoms with van der Waals surface area (Å²) in [5, 5.41) is 3.29. The minimum Gasteiger partial charge on any atom is -0.422 e. The van der Waals surface area contributed by atoms with Crippen molar-refractivity contribution in [1.29, 1.82) is 0 Å². The zero-order valence-electron chi connectivity index (χ0n) is 21.6. The van der Waals surface area contributed by atoms with Crippen LogP contribution in [0.25, 0.3) is 6.08 Å². The summed E-state index contributed by atoms with van der Waals surface area (Å²) in [6.45, 7) is 1.93. The second-order valence-corrected chi connectivity index (χ2v) is 9.57. The van der Waals surface area contributed by atoms with E-state index in [2.05, 4.69) is 16.2 Å². The largest absolute Gasteiger partial charge is 0.422 e. The number of para-hydroxylation sites is 1. The summed E-state index contributed by atoms with van der Waals surface area (Å²) < 4.78 is 5.46. The second kappa shape index (κ2) is 13.4. The van der Waals surface area contributed by atoms with Crippen molar-refractivity contribution in [1.82, 2.24) is 10.9 Å². The van der Waals surface area contributed by atoms with Crippen LogP contribution in [0.4, 0.5) is 5.69 Å². The Morgan fingerprint density at radius 3 is 2.12 bits per heavy atom. The van der Waals surface area contributed by atoms with Gasteiger partial charge in [0.05, 0.1) is 10.6 Å². The van der Waals surface area contributed by atoms with E-state index in [1.807, 2.05) is 19.1 Å². The lowest BCUT2D eigenvalue weighted by atomic mass is 10.1. The van der Waals surface area contributed by atoms with Gasteiger partial charge in [-0.1, -0.05) is 59.1 Å². The third-order valence-electron chi connectivity index (χ3n) is 5.70. The van der Waals surface area contributed by atoms with Crippen LogP contribution in [0.2, 0.25) is 10.0 Å². The lowest BCUT2D eigenvalue weighted by Gasteiger charge is -2.09. The summed E-state index contributed by atoms with van der Waals surface area (Å²) in [5.41, 5.74) is 7.52. The molecular formula is C31H23Cl2N3O5. The fourth-order valence-corrected chi connectivity index (χ4v) is 4.02. The van der Waals surface area contributed by atoms with Gasteiger partial charge in [-0.25, -0.2) is 4.79 Å². The summed E-state index contributed by atoms with van der Waals surface area (Å²) in [7, 11) is 0. The van der Waals surface area contributed by atoms with Crippen LogP contribution >= 0.6 is 23.2 Å². The van der Waals surface area contributed by atoms with Gasteiger partial charge in [0.2, 0.25) is 0 Å². The Morgan fingerprint density at radius 1 is 0.756 bits per heavy atom. The highest BCUT2D eigenvalue weighted by molar-refractivity contribution is 6.36. The molecule has 0 aromatic heterocycles. The predicted octanol–water partition coefficient (Wildman–Crippen LogP) is 6.25. The molecule has 0 radical (unpaired) electrons. The SMILES string of the molecule is Cc1ccc(C(=O)Nc2ccc(C(=O)NNC(=O)/C=C/c3ccccc3OC(=O)c3ccc(Cl)cc3Cl)cc2)cc1. The Labute approximate surface area is 245 Å². The molecule has 4 aromatic carbocycles. The van der Waals surface area contributed by atoms with Crippen LogP contribution in [0.15, 0.2) is 97.1 Å². The summed E-state index contributed by atoms with van der Waals surface area (Å²) in [5.74, 6) is -1.94. The van der Waals surface area contributed by atoms with E-state index in [0.717, 1.165) is 5.56 Å². The Bertz CT molecular complexity index is 1630. The van der Waals surface area contributed by atoms with Gasteiger partial charge in [0.1, 0.15) is 5.75 Å². The van der Waals surface area contributed by atoms with Gasteiger partial charge >= 0.3 is 5.97 Å². The number of esters is 1. The minimum absolute atomic E-state index is 0.136. The first kappa shape index (κ1) is 29.1. The minimum atomic E-state index is -0.690. The number of ether oxygens (including phenoxy) is 1. The molecule has 3 N–H and O–H groups in total. The number of hydrogen-bond acceptors (Lipinski definition) is 5. The zero-order valence-corrected chi connectivity index (χ0v) is 23.1. The molecule has 0 spiro atoms. The van der Waals surface area contributed by atoms with Crippen LogP contribution in [0, 0.1) is 6.92 Å². The van der Waals surface area contributed by atoms with Crippen LogP contribution < -0.4 is 20.9 Å². The Kier molecular flexibility index (Phi) is 9.52. The van der Waals surface area contributed by atoms with Crippen LogP contribution in [0.1, 0.15) is 42.2 Å². The molecule has 3 amide bonds. The maximum atomic E-state index is 12.6. The van der Waals surface area contributed by atoms with Crippen LogP contribution in [0.5, 0.6) is 5.75 Å². The van der Waals surface area contributed by atoms with Gasteiger partial charge in [0.25, 0.3) is 17.7 Å². The van der Waals surface area contributed by atoms with E-state index in [0.29, 0.717) is 21.8 Å². The highest BCUT2D eigenvalue weighted by Gasteiger charge is 2.15. The molecule has 4 rings (SSSR count). The van der Waals surface area contributed by atoms with Crippen molar-refractivity contribution in [2.75, 3.05) is 5.32 Å². The average molecular weight is 588 g/mol. The topological polar surface area (TPSA) is 114 Å². The number of amides is 3. The van der Waals surface area contributed by atoms with Crippen LogP contribution in [-0.2, 0) is 4.79 Å². The number of hydrazine groups is 1. The molecule has 206 valence electrons. The van der Waals surface area contributed by atoms with Gasteiger partial charge < -0.3 is 10.1 Å². The van der Waals surface area contributed by atoms with Crippen molar-refractivity contribution in [2.24, 2.45) is 0 Å². The first-order chi connectivity index (χ1) is 19.7.